The van der Waals surface area contributed by atoms with E-state index >= 15 is 0 Å². The Balaban J connectivity index is 1.29. The number of nitrogens with zero attached hydrogens (tertiary/aromatic N) is 7. The maximum atomic E-state index is 14.9. The first-order valence-electron chi connectivity index (χ1n) is 11.7. The van der Waals surface area contributed by atoms with E-state index in [4.69, 9.17) is 16.3 Å². The smallest absolute Gasteiger partial charge is 0.169 e. The molecule has 8 nitrogen and oxygen atoms in total. The number of ether oxygens (including phenoxy) is 1. The van der Waals surface area contributed by atoms with Gasteiger partial charge in [-0.3, -0.25) is 14.5 Å². The van der Waals surface area contributed by atoms with Crippen LogP contribution in [-0.4, -0.2) is 68.1 Å². The largest absolute Gasteiger partial charge is 0.375 e. The molecular weight excluding hydrogens is 457 g/mol. The lowest BCUT2D eigenvalue weighted by atomic mass is 9.95. The number of aryl methyl sites for hydroxylation is 1. The van der Waals surface area contributed by atoms with Gasteiger partial charge >= 0.3 is 0 Å². The second-order valence-electron chi connectivity index (χ2n) is 9.60. The molecule has 2 aromatic heterocycles. The monoisotopic (exact) mass is 483 g/mol. The first kappa shape index (κ1) is 21.9. The van der Waals surface area contributed by atoms with Crippen LogP contribution in [0.5, 0.6) is 0 Å². The van der Waals surface area contributed by atoms with Crippen molar-refractivity contribution in [3.63, 3.8) is 0 Å². The number of anilines is 1. The van der Waals surface area contributed by atoms with Gasteiger partial charge in [-0.05, 0) is 43.5 Å². The van der Waals surface area contributed by atoms with Crippen LogP contribution in [0.2, 0.25) is 5.02 Å². The number of benzene rings is 1. The molecule has 0 aliphatic carbocycles. The van der Waals surface area contributed by atoms with Crippen LogP contribution in [0.1, 0.15) is 41.7 Å². The Labute approximate surface area is 202 Å². The molecule has 0 unspecified atom stereocenters. The van der Waals surface area contributed by atoms with Crippen LogP contribution >= 0.6 is 11.6 Å². The predicted octanol–water partition coefficient (Wildman–Crippen LogP) is 3.46. The quantitative estimate of drug-likeness (QED) is 0.562. The standard InChI is InChI=1S/C24H27ClFN7O/c1-16-22(28-7-6-27-16)32-8-4-17(5-9-32)23-30-29-21-12-31(13-24(26)14-34-15-24)11-18-10-19(25)2-3-20(18)33(21)23/h2-3,6-7,10,17H,4-5,8-9,11-15H2,1H3. The van der Waals surface area contributed by atoms with Gasteiger partial charge in [-0.15, -0.1) is 10.2 Å². The van der Waals surface area contributed by atoms with Gasteiger partial charge in [-0.1, -0.05) is 11.6 Å². The molecule has 2 saturated heterocycles. The van der Waals surface area contributed by atoms with Gasteiger partial charge in [0.05, 0.1) is 31.1 Å². The number of rotatable bonds is 4. The average molecular weight is 484 g/mol. The number of hydrogen-bond donors (Lipinski definition) is 0. The SMILES string of the molecule is Cc1nccnc1N1CCC(c2nnc3n2-c2ccc(Cl)cc2CN(CC2(F)COC2)C3)CC1. The Morgan fingerprint density at radius 1 is 1.12 bits per heavy atom. The minimum atomic E-state index is -1.30. The Morgan fingerprint density at radius 3 is 2.65 bits per heavy atom. The van der Waals surface area contributed by atoms with Crippen molar-refractivity contribution in [1.82, 2.24) is 29.6 Å². The van der Waals surface area contributed by atoms with Crippen molar-refractivity contribution in [2.45, 2.75) is 44.4 Å². The number of fused-ring (bicyclic) bond motifs is 3. The number of aromatic nitrogens is 5. The van der Waals surface area contributed by atoms with Crippen molar-refractivity contribution >= 4 is 17.4 Å². The third-order valence-electron chi connectivity index (χ3n) is 7.04. The molecular formula is C24H27ClFN7O. The van der Waals surface area contributed by atoms with E-state index in [-0.39, 0.29) is 19.1 Å². The lowest BCUT2D eigenvalue weighted by molar-refractivity contribution is -0.142. The van der Waals surface area contributed by atoms with Gasteiger partial charge < -0.3 is 9.64 Å². The fraction of sp³-hybridized carbons (Fsp3) is 0.500. The molecule has 6 rings (SSSR count). The molecule has 34 heavy (non-hydrogen) atoms. The molecule has 0 amide bonds. The summed E-state index contributed by atoms with van der Waals surface area (Å²) in [5, 5.41) is 9.90. The van der Waals surface area contributed by atoms with E-state index in [1.807, 2.05) is 25.1 Å². The summed E-state index contributed by atoms with van der Waals surface area (Å²) in [6.07, 6.45) is 5.38. The topological polar surface area (TPSA) is 72.2 Å². The summed E-state index contributed by atoms with van der Waals surface area (Å²) in [6, 6.07) is 5.91. The van der Waals surface area contributed by atoms with Crippen molar-refractivity contribution in [2.24, 2.45) is 0 Å². The molecule has 0 N–H and O–H groups in total. The van der Waals surface area contributed by atoms with Crippen molar-refractivity contribution in [2.75, 3.05) is 37.7 Å². The second kappa shape index (κ2) is 8.55. The van der Waals surface area contributed by atoms with E-state index in [9.17, 15) is 4.39 Å². The third kappa shape index (κ3) is 3.95. The molecule has 3 aliphatic rings. The molecule has 3 aromatic rings. The van der Waals surface area contributed by atoms with Crippen molar-refractivity contribution in [1.29, 1.82) is 0 Å². The molecule has 0 spiro atoms. The summed E-state index contributed by atoms with van der Waals surface area (Å²) in [6.45, 7) is 5.50. The number of halogens is 2. The Hall–Kier alpha value is -2.62. The highest BCUT2D eigenvalue weighted by Crippen LogP contribution is 2.35. The predicted molar refractivity (Wildman–Crippen MR) is 126 cm³/mol. The highest BCUT2D eigenvalue weighted by molar-refractivity contribution is 6.30. The van der Waals surface area contributed by atoms with Gasteiger partial charge in [0.25, 0.3) is 0 Å². The van der Waals surface area contributed by atoms with Crippen LogP contribution in [-0.2, 0) is 17.8 Å². The summed E-state index contributed by atoms with van der Waals surface area (Å²) in [5.41, 5.74) is 1.74. The van der Waals surface area contributed by atoms with Crippen LogP contribution in [0.25, 0.3) is 5.69 Å². The third-order valence-corrected chi connectivity index (χ3v) is 7.27. The van der Waals surface area contributed by atoms with Gasteiger partial charge in [0.15, 0.2) is 11.5 Å². The summed E-state index contributed by atoms with van der Waals surface area (Å²) in [7, 11) is 0. The first-order valence-corrected chi connectivity index (χ1v) is 12.1. The average Bonchev–Trinajstić information content (AvgIpc) is 3.15. The molecule has 5 heterocycles. The van der Waals surface area contributed by atoms with Crippen LogP contribution < -0.4 is 4.90 Å². The van der Waals surface area contributed by atoms with E-state index < -0.39 is 5.67 Å². The molecule has 0 bridgehead atoms. The van der Waals surface area contributed by atoms with Gasteiger partial charge in [-0.2, -0.15) is 0 Å². The lowest BCUT2D eigenvalue weighted by Crippen LogP contribution is -2.53. The molecule has 3 aliphatic heterocycles. The zero-order chi connectivity index (χ0) is 23.3. The van der Waals surface area contributed by atoms with E-state index in [1.54, 1.807) is 12.4 Å². The molecule has 0 atom stereocenters. The van der Waals surface area contributed by atoms with Gasteiger partial charge in [-0.25, -0.2) is 9.37 Å². The Bertz CT molecular complexity index is 1210. The van der Waals surface area contributed by atoms with Gasteiger partial charge in [0.1, 0.15) is 11.6 Å². The lowest BCUT2D eigenvalue weighted by Gasteiger charge is -2.37. The maximum Gasteiger partial charge on any atom is 0.169 e. The minimum Gasteiger partial charge on any atom is -0.375 e. The molecule has 0 radical (unpaired) electrons. The van der Waals surface area contributed by atoms with E-state index in [2.05, 4.69) is 34.5 Å². The van der Waals surface area contributed by atoms with Crippen LogP contribution in [0.4, 0.5) is 10.2 Å². The number of hydrogen-bond acceptors (Lipinski definition) is 7. The summed E-state index contributed by atoms with van der Waals surface area (Å²) >= 11 is 6.36. The minimum absolute atomic E-state index is 0.147. The van der Waals surface area contributed by atoms with Crippen LogP contribution in [0.3, 0.4) is 0 Å². The molecule has 178 valence electrons. The summed E-state index contributed by atoms with van der Waals surface area (Å²) in [5.74, 6) is 3.04. The van der Waals surface area contributed by atoms with Crippen molar-refractivity contribution in [3.05, 3.63) is 58.5 Å². The first-order chi connectivity index (χ1) is 16.5. The molecule has 1 aromatic carbocycles. The highest BCUT2D eigenvalue weighted by Gasteiger charge is 2.41. The van der Waals surface area contributed by atoms with Gasteiger partial charge in [0, 0.05) is 49.5 Å². The van der Waals surface area contributed by atoms with Crippen molar-refractivity contribution < 1.29 is 9.13 Å². The van der Waals surface area contributed by atoms with E-state index in [0.29, 0.717) is 24.7 Å². The fourth-order valence-corrected chi connectivity index (χ4v) is 5.54. The van der Waals surface area contributed by atoms with Crippen molar-refractivity contribution in [3.8, 4) is 5.69 Å². The van der Waals surface area contributed by atoms with Gasteiger partial charge in [0.2, 0.25) is 0 Å². The maximum absolute atomic E-state index is 14.9. The zero-order valence-corrected chi connectivity index (χ0v) is 19.9. The van der Waals surface area contributed by atoms with Crippen LogP contribution in [0.15, 0.2) is 30.6 Å². The number of alkyl halides is 1. The summed E-state index contributed by atoms with van der Waals surface area (Å²) in [4.78, 5) is 13.3. The van der Waals surface area contributed by atoms with Crippen LogP contribution in [0, 0.1) is 6.92 Å². The molecule has 0 saturated carbocycles. The number of piperidine rings is 1. The highest BCUT2D eigenvalue weighted by atomic mass is 35.5. The molecule has 2 fully saturated rings. The fourth-order valence-electron chi connectivity index (χ4n) is 5.34. The Morgan fingerprint density at radius 2 is 1.91 bits per heavy atom. The van der Waals surface area contributed by atoms with E-state index in [1.165, 1.54) is 0 Å². The second-order valence-corrected chi connectivity index (χ2v) is 10.0. The normalized spacial score (nSPS) is 20.4. The molecule has 10 heteroatoms. The summed E-state index contributed by atoms with van der Waals surface area (Å²) < 4.78 is 22.2. The zero-order valence-electron chi connectivity index (χ0n) is 19.1. The Kier molecular flexibility index (Phi) is 5.50. The van der Waals surface area contributed by atoms with E-state index in [0.717, 1.165) is 60.3 Å².